The quantitative estimate of drug-likeness (QED) is 0.767. The van der Waals surface area contributed by atoms with Crippen LogP contribution in [0.4, 0.5) is 5.69 Å². The predicted molar refractivity (Wildman–Crippen MR) is 65.7 cm³/mol. The molecule has 4 nitrogen and oxygen atoms in total. The van der Waals surface area contributed by atoms with E-state index in [2.05, 4.69) is 5.32 Å². The topological polar surface area (TPSA) is 52.6 Å². The van der Waals surface area contributed by atoms with Gasteiger partial charge in [-0.25, -0.2) is 0 Å². The first-order chi connectivity index (χ1) is 7.66. The van der Waals surface area contributed by atoms with Gasteiger partial charge < -0.3 is 15.3 Å². The molecule has 0 radical (unpaired) electrons. The SMILES string of the molecule is O=C(O)Cc1ccc(N2CCNC2=S)cc1. The van der Waals surface area contributed by atoms with E-state index in [9.17, 15) is 4.79 Å². The van der Waals surface area contributed by atoms with Gasteiger partial charge in [0, 0.05) is 18.8 Å². The molecule has 1 fully saturated rings. The van der Waals surface area contributed by atoms with Crippen molar-refractivity contribution in [3.8, 4) is 0 Å². The number of carboxylic acid groups (broad SMARTS) is 1. The summed E-state index contributed by atoms with van der Waals surface area (Å²) in [6.45, 7) is 1.72. The summed E-state index contributed by atoms with van der Waals surface area (Å²) in [5, 5.41) is 12.5. The van der Waals surface area contributed by atoms with E-state index in [1.165, 1.54) is 0 Å². The van der Waals surface area contributed by atoms with Crippen LogP contribution in [0.25, 0.3) is 0 Å². The highest BCUT2D eigenvalue weighted by atomic mass is 32.1. The molecule has 1 heterocycles. The minimum absolute atomic E-state index is 0.0585. The van der Waals surface area contributed by atoms with Crippen molar-refractivity contribution in [1.82, 2.24) is 5.32 Å². The Kier molecular flexibility index (Phi) is 3.05. The largest absolute Gasteiger partial charge is 0.481 e. The van der Waals surface area contributed by atoms with Crippen LogP contribution in [0.2, 0.25) is 0 Å². The molecule has 16 heavy (non-hydrogen) atoms. The highest BCUT2D eigenvalue weighted by Crippen LogP contribution is 2.17. The molecular weight excluding hydrogens is 224 g/mol. The van der Waals surface area contributed by atoms with Gasteiger partial charge in [0.05, 0.1) is 6.42 Å². The Morgan fingerprint density at radius 1 is 1.44 bits per heavy atom. The molecular formula is C11H12N2O2S. The van der Waals surface area contributed by atoms with E-state index in [1.54, 1.807) is 0 Å². The first kappa shape index (κ1) is 10.9. The molecule has 1 aliphatic heterocycles. The summed E-state index contributed by atoms with van der Waals surface area (Å²) in [6.07, 6.45) is 0.0585. The Morgan fingerprint density at radius 3 is 2.62 bits per heavy atom. The van der Waals surface area contributed by atoms with Crippen LogP contribution in [0, 0.1) is 0 Å². The second kappa shape index (κ2) is 4.49. The molecule has 0 unspecified atom stereocenters. The molecule has 5 heteroatoms. The Balaban J connectivity index is 2.12. The van der Waals surface area contributed by atoms with Gasteiger partial charge >= 0.3 is 5.97 Å². The summed E-state index contributed by atoms with van der Waals surface area (Å²) in [4.78, 5) is 12.5. The van der Waals surface area contributed by atoms with Gasteiger partial charge in [-0.05, 0) is 29.9 Å². The maximum atomic E-state index is 10.5. The fourth-order valence-corrected chi connectivity index (χ4v) is 1.99. The number of nitrogens with zero attached hydrogens (tertiary/aromatic N) is 1. The maximum absolute atomic E-state index is 10.5. The zero-order chi connectivity index (χ0) is 11.5. The number of anilines is 1. The monoisotopic (exact) mass is 236 g/mol. The van der Waals surface area contributed by atoms with Gasteiger partial charge in [-0.1, -0.05) is 12.1 Å². The fraction of sp³-hybridized carbons (Fsp3) is 0.273. The number of benzene rings is 1. The van der Waals surface area contributed by atoms with E-state index in [0.717, 1.165) is 29.5 Å². The molecule has 1 aromatic carbocycles. The van der Waals surface area contributed by atoms with E-state index in [-0.39, 0.29) is 6.42 Å². The Bertz CT molecular complexity index is 416. The molecule has 0 aromatic heterocycles. The average molecular weight is 236 g/mol. The minimum atomic E-state index is -0.814. The van der Waals surface area contributed by atoms with Crippen molar-refractivity contribution in [2.45, 2.75) is 6.42 Å². The van der Waals surface area contributed by atoms with Crippen LogP contribution in [0.3, 0.4) is 0 Å². The van der Waals surface area contributed by atoms with Crippen LogP contribution in [0.5, 0.6) is 0 Å². The third-order valence-electron chi connectivity index (χ3n) is 2.46. The lowest BCUT2D eigenvalue weighted by Gasteiger charge is -2.16. The van der Waals surface area contributed by atoms with E-state index in [0.29, 0.717) is 0 Å². The minimum Gasteiger partial charge on any atom is -0.481 e. The number of carbonyl (C=O) groups is 1. The Labute approximate surface area is 98.9 Å². The summed E-state index contributed by atoms with van der Waals surface area (Å²) in [7, 11) is 0. The molecule has 1 saturated heterocycles. The van der Waals surface area contributed by atoms with Crippen LogP contribution in [-0.2, 0) is 11.2 Å². The first-order valence-corrected chi connectivity index (χ1v) is 5.44. The number of thiocarbonyl (C=S) groups is 1. The lowest BCUT2D eigenvalue weighted by molar-refractivity contribution is -0.136. The molecule has 2 N–H and O–H groups in total. The maximum Gasteiger partial charge on any atom is 0.307 e. The summed E-state index contributed by atoms with van der Waals surface area (Å²) in [6, 6.07) is 7.45. The summed E-state index contributed by atoms with van der Waals surface area (Å²) >= 11 is 5.15. The number of hydrogen-bond donors (Lipinski definition) is 2. The second-order valence-electron chi connectivity index (χ2n) is 3.62. The standard InChI is InChI=1S/C11H12N2O2S/c14-10(15)7-8-1-3-9(4-2-8)13-6-5-12-11(13)16/h1-4H,5-7H2,(H,12,16)(H,14,15). The number of carboxylic acids is 1. The third kappa shape index (κ3) is 2.30. The number of hydrogen-bond acceptors (Lipinski definition) is 2. The van der Waals surface area contributed by atoms with Crippen molar-refractivity contribution in [3.63, 3.8) is 0 Å². The van der Waals surface area contributed by atoms with E-state index < -0.39 is 5.97 Å². The molecule has 2 rings (SSSR count). The molecule has 0 atom stereocenters. The normalized spacial score (nSPS) is 15.0. The van der Waals surface area contributed by atoms with Crippen LogP contribution < -0.4 is 10.2 Å². The van der Waals surface area contributed by atoms with Crippen molar-refractivity contribution in [2.24, 2.45) is 0 Å². The molecule has 0 bridgehead atoms. The Hall–Kier alpha value is -1.62. The van der Waals surface area contributed by atoms with Gasteiger partial charge in [-0.3, -0.25) is 4.79 Å². The fourth-order valence-electron chi connectivity index (χ4n) is 1.69. The molecule has 0 spiro atoms. The van der Waals surface area contributed by atoms with E-state index in [1.807, 2.05) is 29.2 Å². The summed E-state index contributed by atoms with van der Waals surface area (Å²) in [5.74, 6) is -0.814. The number of aliphatic carboxylic acids is 1. The van der Waals surface area contributed by atoms with Crippen LogP contribution in [0.15, 0.2) is 24.3 Å². The van der Waals surface area contributed by atoms with Crippen molar-refractivity contribution < 1.29 is 9.90 Å². The first-order valence-electron chi connectivity index (χ1n) is 5.03. The van der Waals surface area contributed by atoms with Crippen LogP contribution >= 0.6 is 12.2 Å². The zero-order valence-electron chi connectivity index (χ0n) is 8.64. The molecule has 0 saturated carbocycles. The van der Waals surface area contributed by atoms with Gasteiger partial charge in [-0.15, -0.1) is 0 Å². The van der Waals surface area contributed by atoms with Crippen molar-refractivity contribution >= 4 is 29.0 Å². The van der Waals surface area contributed by atoms with Gasteiger partial charge in [0.15, 0.2) is 5.11 Å². The van der Waals surface area contributed by atoms with Crippen LogP contribution in [0.1, 0.15) is 5.56 Å². The number of rotatable bonds is 3. The third-order valence-corrected chi connectivity index (χ3v) is 2.82. The zero-order valence-corrected chi connectivity index (χ0v) is 9.46. The van der Waals surface area contributed by atoms with Crippen molar-refractivity contribution in [3.05, 3.63) is 29.8 Å². The van der Waals surface area contributed by atoms with Crippen molar-refractivity contribution in [1.29, 1.82) is 0 Å². The van der Waals surface area contributed by atoms with Gasteiger partial charge in [0.1, 0.15) is 0 Å². The summed E-state index contributed by atoms with van der Waals surface area (Å²) < 4.78 is 0. The second-order valence-corrected chi connectivity index (χ2v) is 4.01. The van der Waals surface area contributed by atoms with Gasteiger partial charge in [-0.2, -0.15) is 0 Å². The molecule has 0 aliphatic carbocycles. The molecule has 1 aromatic rings. The number of nitrogens with one attached hydrogen (secondary N) is 1. The van der Waals surface area contributed by atoms with Gasteiger partial charge in [0.25, 0.3) is 0 Å². The molecule has 1 aliphatic rings. The van der Waals surface area contributed by atoms with Crippen LogP contribution in [-0.4, -0.2) is 29.3 Å². The lowest BCUT2D eigenvalue weighted by Crippen LogP contribution is -2.27. The highest BCUT2D eigenvalue weighted by molar-refractivity contribution is 7.80. The van der Waals surface area contributed by atoms with Crippen molar-refractivity contribution in [2.75, 3.05) is 18.0 Å². The van der Waals surface area contributed by atoms with E-state index >= 15 is 0 Å². The smallest absolute Gasteiger partial charge is 0.307 e. The van der Waals surface area contributed by atoms with Gasteiger partial charge in [0.2, 0.25) is 0 Å². The average Bonchev–Trinajstić information content (AvgIpc) is 2.65. The summed E-state index contributed by atoms with van der Waals surface area (Å²) in [5.41, 5.74) is 1.80. The molecule has 84 valence electrons. The Morgan fingerprint density at radius 2 is 2.12 bits per heavy atom. The lowest BCUT2D eigenvalue weighted by atomic mass is 10.1. The highest BCUT2D eigenvalue weighted by Gasteiger charge is 2.17. The molecule has 0 amide bonds. The van der Waals surface area contributed by atoms with E-state index in [4.69, 9.17) is 17.3 Å². The predicted octanol–water partition coefficient (Wildman–Crippen LogP) is 1.01.